The number of ether oxygens (including phenoxy) is 1. The van der Waals surface area contributed by atoms with Crippen LogP contribution < -0.4 is 10.5 Å². The predicted octanol–water partition coefficient (Wildman–Crippen LogP) is 1.41. The second-order valence-electron chi connectivity index (χ2n) is 2.97. The molecule has 3 heteroatoms. The molecule has 0 aliphatic rings. The van der Waals surface area contributed by atoms with Crippen LogP contribution in [0.5, 0.6) is 5.75 Å². The van der Waals surface area contributed by atoms with Crippen molar-refractivity contribution in [3.05, 3.63) is 28.8 Å². The van der Waals surface area contributed by atoms with Gasteiger partial charge in [-0.25, -0.2) is 0 Å². The van der Waals surface area contributed by atoms with Crippen LogP contribution in [0.2, 0.25) is 0 Å². The quantitative estimate of drug-likeness (QED) is 0.746. The van der Waals surface area contributed by atoms with Crippen LogP contribution >= 0.6 is 0 Å². The summed E-state index contributed by atoms with van der Waals surface area (Å²) in [5, 5.41) is 0. The third kappa shape index (κ3) is 1.64. The van der Waals surface area contributed by atoms with Gasteiger partial charge in [-0.05, 0) is 25.0 Å². The molecule has 0 heterocycles. The van der Waals surface area contributed by atoms with E-state index in [0.717, 1.165) is 11.1 Å². The van der Waals surface area contributed by atoms with Crippen molar-refractivity contribution in [1.29, 1.82) is 0 Å². The van der Waals surface area contributed by atoms with Crippen molar-refractivity contribution in [1.82, 2.24) is 0 Å². The van der Waals surface area contributed by atoms with Gasteiger partial charge in [0, 0.05) is 0 Å². The number of aryl methyl sites for hydroxylation is 2. The van der Waals surface area contributed by atoms with Crippen LogP contribution in [0.1, 0.15) is 21.5 Å². The normalized spacial score (nSPS) is 9.77. The van der Waals surface area contributed by atoms with Gasteiger partial charge in [-0.3, -0.25) is 4.79 Å². The van der Waals surface area contributed by atoms with Gasteiger partial charge in [-0.2, -0.15) is 0 Å². The standard InChI is InChI=1S/C10H13NO2/c1-6-4-5-7(2)9(13-3)8(6)10(11)12/h4-5H,1-3H3,(H2,11,12). The Morgan fingerprint density at radius 2 is 1.85 bits per heavy atom. The van der Waals surface area contributed by atoms with Crippen LogP contribution in [-0.4, -0.2) is 13.0 Å². The van der Waals surface area contributed by atoms with E-state index in [1.54, 1.807) is 0 Å². The van der Waals surface area contributed by atoms with Gasteiger partial charge in [0.2, 0.25) is 0 Å². The summed E-state index contributed by atoms with van der Waals surface area (Å²) in [5.41, 5.74) is 7.48. The molecule has 1 rings (SSSR count). The number of hydrogen-bond donors (Lipinski definition) is 1. The fourth-order valence-electron chi connectivity index (χ4n) is 1.35. The maximum absolute atomic E-state index is 11.1. The summed E-state index contributed by atoms with van der Waals surface area (Å²) in [5.74, 6) is 0.130. The van der Waals surface area contributed by atoms with Crippen LogP contribution in [-0.2, 0) is 0 Å². The van der Waals surface area contributed by atoms with E-state index in [0.29, 0.717) is 11.3 Å². The van der Waals surface area contributed by atoms with E-state index in [9.17, 15) is 4.79 Å². The van der Waals surface area contributed by atoms with Crippen molar-refractivity contribution in [3.63, 3.8) is 0 Å². The highest BCUT2D eigenvalue weighted by Crippen LogP contribution is 2.25. The molecule has 0 saturated heterocycles. The molecule has 0 radical (unpaired) electrons. The maximum Gasteiger partial charge on any atom is 0.252 e. The highest BCUT2D eigenvalue weighted by Gasteiger charge is 2.13. The van der Waals surface area contributed by atoms with Gasteiger partial charge in [0.1, 0.15) is 5.75 Å². The average molecular weight is 179 g/mol. The summed E-state index contributed by atoms with van der Waals surface area (Å²) in [6.45, 7) is 3.72. The Hall–Kier alpha value is -1.51. The van der Waals surface area contributed by atoms with E-state index in [1.807, 2.05) is 26.0 Å². The average Bonchev–Trinajstić information content (AvgIpc) is 2.07. The van der Waals surface area contributed by atoms with Gasteiger partial charge in [-0.15, -0.1) is 0 Å². The van der Waals surface area contributed by atoms with E-state index < -0.39 is 5.91 Å². The Morgan fingerprint density at radius 3 is 2.23 bits per heavy atom. The lowest BCUT2D eigenvalue weighted by atomic mass is 10.0. The van der Waals surface area contributed by atoms with Gasteiger partial charge in [0.25, 0.3) is 5.91 Å². The molecule has 0 saturated carbocycles. The summed E-state index contributed by atoms with van der Waals surface area (Å²) in [6, 6.07) is 3.76. The third-order valence-electron chi connectivity index (χ3n) is 2.01. The zero-order chi connectivity index (χ0) is 10.0. The second kappa shape index (κ2) is 3.47. The first-order valence-corrected chi connectivity index (χ1v) is 4.02. The van der Waals surface area contributed by atoms with Gasteiger partial charge in [0.05, 0.1) is 12.7 Å². The van der Waals surface area contributed by atoms with Crippen LogP contribution in [0.4, 0.5) is 0 Å². The third-order valence-corrected chi connectivity index (χ3v) is 2.01. The first-order valence-electron chi connectivity index (χ1n) is 4.02. The summed E-state index contributed by atoms with van der Waals surface area (Å²) in [7, 11) is 1.54. The molecule has 0 spiro atoms. The Kier molecular flexibility index (Phi) is 2.56. The molecule has 0 unspecified atom stereocenters. The lowest BCUT2D eigenvalue weighted by Crippen LogP contribution is -2.14. The number of nitrogens with two attached hydrogens (primary N) is 1. The van der Waals surface area contributed by atoms with Crippen LogP contribution in [0.3, 0.4) is 0 Å². The Morgan fingerprint density at radius 1 is 1.31 bits per heavy atom. The molecule has 0 fully saturated rings. The monoisotopic (exact) mass is 179 g/mol. The lowest BCUT2D eigenvalue weighted by Gasteiger charge is -2.10. The summed E-state index contributed by atoms with van der Waals surface area (Å²) < 4.78 is 5.12. The Balaban J connectivity index is 3.43. The number of benzene rings is 1. The van der Waals surface area contributed by atoms with Crippen molar-refractivity contribution in [3.8, 4) is 5.75 Å². The number of carbonyl (C=O) groups excluding carboxylic acids is 1. The molecule has 0 aliphatic heterocycles. The topological polar surface area (TPSA) is 52.3 Å². The maximum atomic E-state index is 11.1. The lowest BCUT2D eigenvalue weighted by molar-refractivity contribution is 0.0996. The molecule has 2 N–H and O–H groups in total. The van der Waals surface area contributed by atoms with E-state index >= 15 is 0 Å². The van der Waals surface area contributed by atoms with E-state index in [4.69, 9.17) is 10.5 Å². The van der Waals surface area contributed by atoms with Gasteiger partial charge < -0.3 is 10.5 Å². The molecule has 1 aromatic rings. The molecule has 1 amide bonds. The largest absolute Gasteiger partial charge is 0.496 e. The van der Waals surface area contributed by atoms with Crippen molar-refractivity contribution in [2.45, 2.75) is 13.8 Å². The molecule has 0 aromatic heterocycles. The molecule has 13 heavy (non-hydrogen) atoms. The van der Waals surface area contributed by atoms with Crippen molar-refractivity contribution >= 4 is 5.91 Å². The molecule has 0 aliphatic carbocycles. The molecule has 0 atom stereocenters. The minimum Gasteiger partial charge on any atom is -0.496 e. The molecule has 70 valence electrons. The predicted molar refractivity (Wildman–Crippen MR) is 51.0 cm³/mol. The minimum atomic E-state index is -0.446. The first kappa shape index (κ1) is 9.58. The number of methoxy groups -OCH3 is 1. The SMILES string of the molecule is COc1c(C)ccc(C)c1C(N)=O. The van der Waals surface area contributed by atoms with Crippen molar-refractivity contribution < 1.29 is 9.53 Å². The van der Waals surface area contributed by atoms with Crippen molar-refractivity contribution in [2.24, 2.45) is 5.73 Å². The van der Waals surface area contributed by atoms with Crippen LogP contribution in [0.15, 0.2) is 12.1 Å². The number of rotatable bonds is 2. The molecular weight excluding hydrogens is 166 g/mol. The summed E-state index contributed by atoms with van der Waals surface area (Å²) in [6.07, 6.45) is 0. The van der Waals surface area contributed by atoms with Gasteiger partial charge >= 0.3 is 0 Å². The summed E-state index contributed by atoms with van der Waals surface area (Å²) >= 11 is 0. The van der Waals surface area contributed by atoms with Gasteiger partial charge in [0.15, 0.2) is 0 Å². The molecule has 1 aromatic carbocycles. The molecule has 3 nitrogen and oxygen atoms in total. The number of primary amides is 1. The highest BCUT2D eigenvalue weighted by molar-refractivity contribution is 5.97. The van der Waals surface area contributed by atoms with E-state index in [2.05, 4.69) is 0 Å². The number of carbonyl (C=O) groups is 1. The number of amides is 1. The minimum absolute atomic E-state index is 0.446. The number of hydrogen-bond acceptors (Lipinski definition) is 2. The van der Waals surface area contributed by atoms with Crippen LogP contribution in [0.25, 0.3) is 0 Å². The smallest absolute Gasteiger partial charge is 0.252 e. The Bertz CT molecular complexity index is 345. The fourth-order valence-corrected chi connectivity index (χ4v) is 1.35. The second-order valence-corrected chi connectivity index (χ2v) is 2.97. The van der Waals surface area contributed by atoms with Gasteiger partial charge in [-0.1, -0.05) is 12.1 Å². The zero-order valence-electron chi connectivity index (χ0n) is 8.05. The molecule has 0 bridgehead atoms. The molecular formula is C10H13NO2. The van der Waals surface area contributed by atoms with Crippen LogP contribution in [0, 0.1) is 13.8 Å². The fraction of sp³-hybridized carbons (Fsp3) is 0.300. The Labute approximate surface area is 77.5 Å². The summed E-state index contributed by atoms with van der Waals surface area (Å²) in [4.78, 5) is 11.1. The highest BCUT2D eigenvalue weighted by atomic mass is 16.5. The first-order chi connectivity index (χ1) is 6.07. The van der Waals surface area contributed by atoms with Crippen molar-refractivity contribution in [2.75, 3.05) is 7.11 Å². The van der Waals surface area contributed by atoms with E-state index in [1.165, 1.54) is 7.11 Å². The van der Waals surface area contributed by atoms with E-state index in [-0.39, 0.29) is 0 Å². The zero-order valence-corrected chi connectivity index (χ0v) is 8.05.